The Hall–Kier alpha value is -0.0151. The molecule has 0 aromatic heterocycles. The molecule has 76 valence electrons. The van der Waals surface area contributed by atoms with Gasteiger partial charge in [-0.25, -0.2) is 0 Å². The summed E-state index contributed by atoms with van der Waals surface area (Å²) in [6.07, 6.45) is 3.39. The van der Waals surface area contributed by atoms with Crippen molar-refractivity contribution in [2.45, 2.75) is 65.0 Å². The van der Waals surface area contributed by atoms with E-state index in [1.807, 2.05) is 0 Å². The predicted molar refractivity (Wildman–Crippen MR) is 55.8 cm³/mol. The van der Waals surface area contributed by atoms with Gasteiger partial charge in [0.25, 0.3) is 0 Å². The van der Waals surface area contributed by atoms with E-state index in [1.165, 1.54) is 12.8 Å². The molecule has 1 fully saturated rings. The second kappa shape index (κ2) is 3.62. The molecular weight excluding hydrogens is 163 g/mol. The highest BCUT2D eigenvalue weighted by atomic mass is 16.7. The van der Waals surface area contributed by atoms with Crippen molar-refractivity contribution < 1.29 is 9.31 Å². The van der Waals surface area contributed by atoms with Crippen molar-refractivity contribution in [1.82, 2.24) is 0 Å². The molecule has 0 saturated carbocycles. The number of hydrogen-bond acceptors (Lipinski definition) is 2. The van der Waals surface area contributed by atoms with Gasteiger partial charge in [-0.2, -0.15) is 0 Å². The Morgan fingerprint density at radius 1 is 1.00 bits per heavy atom. The summed E-state index contributed by atoms with van der Waals surface area (Å²) >= 11 is 0. The summed E-state index contributed by atoms with van der Waals surface area (Å²) < 4.78 is 11.7. The lowest BCUT2D eigenvalue weighted by atomic mass is 9.82. The molecule has 0 bridgehead atoms. The highest BCUT2D eigenvalue weighted by Gasteiger charge is 2.50. The van der Waals surface area contributed by atoms with E-state index in [-0.39, 0.29) is 18.3 Å². The van der Waals surface area contributed by atoms with Gasteiger partial charge in [-0.15, -0.1) is 0 Å². The zero-order valence-electron chi connectivity index (χ0n) is 9.52. The molecule has 2 nitrogen and oxygen atoms in total. The Labute approximate surface area is 82.1 Å². The van der Waals surface area contributed by atoms with Gasteiger partial charge in [0, 0.05) is 0 Å². The second-order valence-electron chi connectivity index (χ2n) is 4.83. The van der Waals surface area contributed by atoms with Crippen LogP contribution in [0.25, 0.3) is 0 Å². The first-order chi connectivity index (χ1) is 5.89. The Balaban J connectivity index is 2.50. The van der Waals surface area contributed by atoms with E-state index in [1.54, 1.807) is 0 Å². The minimum absolute atomic E-state index is 0.00458. The summed E-state index contributed by atoms with van der Waals surface area (Å²) in [5, 5.41) is 0. The van der Waals surface area contributed by atoms with Crippen molar-refractivity contribution in [3.63, 3.8) is 0 Å². The van der Waals surface area contributed by atoms with Gasteiger partial charge in [0.1, 0.15) is 0 Å². The summed E-state index contributed by atoms with van der Waals surface area (Å²) in [4.78, 5) is 0. The SMILES string of the molecule is CCCCB1OC(C)(C)C(C)(C)O1. The minimum Gasteiger partial charge on any atom is -0.403 e. The van der Waals surface area contributed by atoms with Crippen LogP contribution in [0.5, 0.6) is 0 Å². The monoisotopic (exact) mass is 184 g/mol. The predicted octanol–water partition coefficient (Wildman–Crippen LogP) is 2.88. The summed E-state index contributed by atoms with van der Waals surface area (Å²) in [5.74, 6) is 0. The largest absolute Gasteiger partial charge is 0.457 e. The van der Waals surface area contributed by atoms with Crippen LogP contribution in [0.4, 0.5) is 0 Å². The van der Waals surface area contributed by atoms with Gasteiger partial charge in [-0.05, 0) is 34.0 Å². The zero-order valence-corrected chi connectivity index (χ0v) is 9.52. The smallest absolute Gasteiger partial charge is 0.403 e. The summed E-state index contributed by atoms with van der Waals surface area (Å²) in [6, 6.07) is 0. The molecule has 0 aromatic rings. The fourth-order valence-corrected chi connectivity index (χ4v) is 1.45. The first-order valence-electron chi connectivity index (χ1n) is 5.25. The number of rotatable bonds is 3. The third-order valence-electron chi connectivity index (χ3n) is 3.10. The van der Waals surface area contributed by atoms with E-state index < -0.39 is 0 Å². The molecule has 1 aliphatic rings. The van der Waals surface area contributed by atoms with Crippen LogP contribution in [0.15, 0.2) is 0 Å². The topological polar surface area (TPSA) is 18.5 Å². The van der Waals surface area contributed by atoms with Crippen LogP contribution in [0.3, 0.4) is 0 Å². The lowest BCUT2D eigenvalue weighted by Gasteiger charge is -2.32. The molecule has 3 heteroatoms. The van der Waals surface area contributed by atoms with Crippen molar-refractivity contribution in [3.8, 4) is 0 Å². The van der Waals surface area contributed by atoms with Crippen LogP contribution < -0.4 is 0 Å². The highest BCUT2D eigenvalue weighted by Crippen LogP contribution is 2.37. The van der Waals surface area contributed by atoms with Crippen molar-refractivity contribution >= 4 is 7.12 Å². The maximum atomic E-state index is 5.84. The Kier molecular flexibility index (Phi) is 3.08. The van der Waals surface area contributed by atoms with Gasteiger partial charge in [-0.1, -0.05) is 19.8 Å². The van der Waals surface area contributed by atoms with E-state index in [2.05, 4.69) is 34.6 Å². The third-order valence-corrected chi connectivity index (χ3v) is 3.10. The van der Waals surface area contributed by atoms with E-state index in [9.17, 15) is 0 Å². The molecule has 0 unspecified atom stereocenters. The summed E-state index contributed by atoms with van der Waals surface area (Å²) in [7, 11) is 0.00458. The minimum atomic E-state index is -0.161. The molecule has 13 heavy (non-hydrogen) atoms. The lowest BCUT2D eigenvalue weighted by molar-refractivity contribution is 0.00578. The van der Waals surface area contributed by atoms with Crippen LogP contribution in [-0.4, -0.2) is 18.3 Å². The van der Waals surface area contributed by atoms with Crippen LogP contribution >= 0.6 is 0 Å². The summed E-state index contributed by atoms with van der Waals surface area (Å²) in [6.45, 7) is 10.6. The third kappa shape index (κ3) is 2.26. The van der Waals surface area contributed by atoms with Crippen LogP contribution in [-0.2, 0) is 9.31 Å². The average molecular weight is 184 g/mol. The molecule has 0 radical (unpaired) electrons. The molecule has 0 aromatic carbocycles. The Morgan fingerprint density at radius 3 is 1.85 bits per heavy atom. The quantitative estimate of drug-likeness (QED) is 0.628. The maximum absolute atomic E-state index is 5.84. The van der Waals surface area contributed by atoms with Gasteiger partial charge < -0.3 is 9.31 Å². The molecule has 1 heterocycles. The van der Waals surface area contributed by atoms with Crippen LogP contribution in [0.1, 0.15) is 47.5 Å². The first-order valence-corrected chi connectivity index (χ1v) is 5.25. The van der Waals surface area contributed by atoms with Crippen molar-refractivity contribution in [2.24, 2.45) is 0 Å². The van der Waals surface area contributed by atoms with Gasteiger partial charge in [0.05, 0.1) is 11.2 Å². The number of unbranched alkanes of at least 4 members (excludes halogenated alkanes) is 1. The zero-order chi connectivity index (χ0) is 10.1. The normalized spacial score (nSPS) is 25.2. The van der Waals surface area contributed by atoms with Crippen LogP contribution in [0.2, 0.25) is 6.32 Å². The second-order valence-corrected chi connectivity index (χ2v) is 4.83. The molecule has 0 amide bonds. The average Bonchev–Trinajstić information content (AvgIpc) is 2.17. The molecular formula is C10H21BO2. The highest BCUT2D eigenvalue weighted by molar-refractivity contribution is 6.45. The molecule has 1 aliphatic heterocycles. The molecule has 1 rings (SSSR count). The lowest BCUT2D eigenvalue weighted by Crippen LogP contribution is -2.41. The standard InChI is InChI=1S/C10H21BO2/c1-6-7-8-11-12-9(2,3)10(4,5)13-11/h6-8H2,1-5H3. The van der Waals surface area contributed by atoms with Crippen molar-refractivity contribution in [2.75, 3.05) is 0 Å². The number of hydrogen-bond donors (Lipinski definition) is 0. The maximum Gasteiger partial charge on any atom is 0.457 e. The molecule has 0 N–H and O–H groups in total. The van der Waals surface area contributed by atoms with Crippen molar-refractivity contribution in [1.29, 1.82) is 0 Å². The van der Waals surface area contributed by atoms with E-state index in [0.717, 1.165) is 6.32 Å². The van der Waals surface area contributed by atoms with Gasteiger partial charge in [-0.3, -0.25) is 0 Å². The molecule has 0 atom stereocenters. The van der Waals surface area contributed by atoms with E-state index >= 15 is 0 Å². The molecule has 0 spiro atoms. The summed E-state index contributed by atoms with van der Waals surface area (Å²) in [5.41, 5.74) is -0.323. The van der Waals surface area contributed by atoms with Gasteiger partial charge in [0.2, 0.25) is 0 Å². The molecule has 0 aliphatic carbocycles. The van der Waals surface area contributed by atoms with E-state index in [4.69, 9.17) is 9.31 Å². The first kappa shape index (κ1) is 11.1. The Bertz CT molecular complexity index is 162. The van der Waals surface area contributed by atoms with Crippen molar-refractivity contribution in [3.05, 3.63) is 0 Å². The fourth-order valence-electron chi connectivity index (χ4n) is 1.45. The van der Waals surface area contributed by atoms with Gasteiger partial charge in [0.15, 0.2) is 0 Å². The van der Waals surface area contributed by atoms with Crippen LogP contribution in [0, 0.1) is 0 Å². The van der Waals surface area contributed by atoms with E-state index in [0.29, 0.717) is 0 Å². The molecule has 1 saturated heterocycles. The Morgan fingerprint density at radius 2 is 1.46 bits per heavy atom. The van der Waals surface area contributed by atoms with Gasteiger partial charge >= 0.3 is 7.12 Å². The fraction of sp³-hybridized carbons (Fsp3) is 1.00.